The van der Waals surface area contributed by atoms with Crippen molar-refractivity contribution in [3.8, 4) is 0 Å². The summed E-state index contributed by atoms with van der Waals surface area (Å²) >= 11 is 12.4. The van der Waals surface area contributed by atoms with E-state index < -0.39 is 0 Å². The lowest BCUT2D eigenvalue weighted by molar-refractivity contribution is 0.121. The third kappa shape index (κ3) is 4.59. The van der Waals surface area contributed by atoms with Gasteiger partial charge in [-0.05, 0) is 42.5 Å². The van der Waals surface area contributed by atoms with E-state index in [2.05, 4.69) is 18.7 Å². The van der Waals surface area contributed by atoms with Crippen molar-refractivity contribution in [1.82, 2.24) is 4.90 Å². The van der Waals surface area contributed by atoms with Gasteiger partial charge >= 0.3 is 0 Å². The van der Waals surface area contributed by atoms with E-state index in [0.717, 1.165) is 12.1 Å². The third-order valence-electron chi connectivity index (χ3n) is 4.26. The SMILES string of the molecule is CC(C)CN(C1CCCC1)C(CN)c1cc(Cl)cc(Cl)c1. The minimum atomic E-state index is 0.201. The largest absolute Gasteiger partial charge is 0.329 e. The molecule has 1 fully saturated rings. The first-order chi connectivity index (χ1) is 10.0. The van der Waals surface area contributed by atoms with E-state index in [0.29, 0.717) is 28.5 Å². The van der Waals surface area contributed by atoms with Gasteiger partial charge in [-0.1, -0.05) is 49.9 Å². The zero-order valence-corrected chi connectivity index (χ0v) is 14.5. The van der Waals surface area contributed by atoms with Crippen LogP contribution in [0.1, 0.15) is 51.1 Å². The molecule has 4 heteroatoms. The van der Waals surface area contributed by atoms with Gasteiger partial charge in [0, 0.05) is 35.2 Å². The van der Waals surface area contributed by atoms with E-state index in [1.165, 1.54) is 25.7 Å². The lowest BCUT2D eigenvalue weighted by atomic mass is 10.0. The first-order valence-electron chi connectivity index (χ1n) is 7.93. The molecule has 0 spiro atoms. The smallest absolute Gasteiger partial charge is 0.0474 e. The fraction of sp³-hybridized carbons (Fsp3) is 0.647. The molecule has 0 heterocycles. The van der Waals surface area contributed by atoms with Gasteiger partial charge < -0.3 is 5.73 Å². The molecule has 2 N–H and O–H groups in total. The summed E-state index contributed by atoms with van der Waals surface area (Å²) in [5.41, 5.74) is 7.26. The standard InChI is InChI=1S/C17H26Cl2N2/c1-12(2)11-21(16-5-3-4-6-16)17(10-20)13-7-14(18)9-15(19)8-13/h7-9,12,16-17H,3-6,10-11,20H2,1-2H3. The molecule has 0 bridgehead atoms. The van der Waals surface area contributed by atoms with Crippen molar-refractivity contribution in [3.63, 3.8) is 0 Å². The number of benzene rings is 1. The molecule has 0 saturated heterocycles. The molecular formula is C17H26Cl2N2. The van der Waals surface area contributed by atoms with Crippen molar-refractivity contribution in [2.45, 2.75) is 51.6 Å². The first kappa shape index (κ1) is 17.1. The van der Waals surface area contributed by atoms with Crippen molar-refractivity contribution in [3.05, 3.63) is 33.8 Å². The van der Waals surface area contributed by atoms with Gasteiger partial charge in [0.15, 0.2) is 0 Å². The summed E-state index contributed by atoms with van der Waals surface area (Å²) in [6, 6.07) is 6.63. The molecule has 118 valence electrons. The molecule has 0 radical (unpaired) electrons. The molecule has 1 aromatic rings. The van der Waals surface area contributed by atoms with Gasteiger partial charge in [0.05, 0.1) is 0 Å². The molecule has 1 atom stereocenters. The van der Waals surface area contributed by atoms with Crippen LogP contribution in [0.3, 0.4) is 0 Å². The summed E-state index contributed by atoms with van der Waals surface area (Å²) < 4.78 is 0. The second kappa shape index (κ2) is 7.82. The molecule has 0 aliphatic heterocycles. The maximum atomic E-state index is 6.18. The zero-order valence-electron chi connectivity index (χ0n) is 13.0. The van der Waals surface area contributed by atoms with E-state index in [1.54, 1.807) is 6.07 Å². The maximum absolute atomic E-state index is 6.18. The Bertz CT molecular complexity index is 436. The van der Waals surface area contributed by atoms with Crippen LogP contribution in [0, 0.1) is 5.92 Å². The van der Waals surface area contributed by atoms with Crippen LogP contribution >= 0.6 is 23.2 Å². The summed E-state index contributed by atoms with van der Waals surface area (Å²) in [7, 11) is 0. The number of hydrogen-bond acceptors (Lipinski definition) is 2. The average molecular weight is 329 g/mol. The first-order valence-corrected chi connectivity index (χ1v) is 8.68. The highest BCUT2D eigenvalue weighted by Crippen LogP contribution is 2.33. The number of halogens is 2. The zero-order chi connectivity index (χ0) is 15.4. The summed E-state index contributed by atoms with van der Waals surface area (Å²) in [6.07, 6.45) is 5.20. The summed E-state index contributed by atoms with van der Waals surface area (Å²) in [6.45, 7) is 6.19. The molecule has 1 aromatic carbocycles. The van der Waals surface area contributed by atoms with Crippen molar-refractivity contribution in [1.29, 1.82) is 0 Å². The molecule has 1 aliphatic carbocycles. The Hall–Kier alpha value is -0.280. The van der Waals surface area contributed by atoms with Crippen LogP contribution in [-0.4, -0.2) is 24.0 Å². The van der Waals surface area contributed by atoms with Crippen LogP contribution in [-0.2, 0) is 0 Å². The molecule has 0 amide bonds. The minimum Gasteiger partial charge on any atom is -0.329 e. The van der Waals surface area contributed by atoms with Gasteiger partial charge in [-0.3, -0.25) is 4.90 Å². The molecule has 2 rings (SSSR count). The Labute approximate surface area is 138 Å². The summed E-state index contributed by atoms with van der Waals surface area (Å²) in [4.78, 5) is 2.58. The fourth-order valence-electron chi connectivity index (χ4n) is 3.42. The van der Waals surface area contributed by atoms with Crippen molar-refractivity contribution in [2.24, 2.45) is 11.7 Å². The second-order valence-corrected chi connectivity index (χ2v) is 7.36. The van der Waals surface area contributed by atoms with Gasteiger partial charge in [0.2, 0.25) is 0 Å². The highest BCUT2D eigenvalue weighted by atomic mass is 35.5. The van der Waals surface area contributed by atoms with E-state index in [4.69, 9.17) is 28.9 Å². The normalized spacial score (nSPS) is 17.9. The summed E-state index contributed by atoms with van der Waals surface area (Å²) in [5, 5.41) is 1.37. The predicted molar refractivity (Wildman–Crippen MR) is 92.1 cm³/mol. The highest BCUT2D eigenvalue weighted by molar-refractivity contribution is 6.34. The second-order valence-electron chi connectivity index (χ2n) is 6.48. The van der Waals surface area contributed by atoms with Gasteiger partial charge in [-0.2, -0.15) is 0 Å². The molecular weight excluding hydrogens is 303 g/mol. The third-order valence-corrected chi connectivity index (χ3v) is 4.70. The molecule has 2 nitrogen and oxygen atoms in total. The number of nitrogens with two attached hydrogens (primary N) is 1. The van der Waals surface area contributed by atoms with Crippen LogP contribution in [0.4, 0.5) is 0 Å². The van der Waals surface area contributed by atoms with Gasteiger partial charge in [-0.25, -0.2) is 0 Å². The Morgan fingerprint density at radius 2 is 1.71 bits per heavy atom. The molecule has 1 aliphatic rings. The molecule has 21 heavy (non-hydrogen) atoms. The monoisotopic (exact) mass is 328 g/mol. The maximum Gasteiger partial charge on any atom is 0.0474 e. The Morgan fingerprint density at radius 1 is 1.14 bits per heavy atom. The number of hydrogen-bond donors (Lipinski definition) is 1. The molecule has 1 saturated carbocycles. The lowest BCUT2D eigenvalue weighted by Gasteiger charge is -2.37. The predicted octanol–water partition coefficient (Wildman–Crippen LogP) is 4.89. The lowest BCUT2D eigenvalue weighted by Crippen LogP contribution is -2.42. The highest BCUT2D eigenvalue weighted by Gasteiger charge is 2.29. The van der Waals surface area contributed by atoms with E-state index in [1.807, 2.05) is 12.1 Å². The Morgan fingerprint density at radius 3 is 2.19 bits per heavy atom. The minimum absolute atomic E-state index is 0.201. The quantitative estimate of drug-likeness (QED) is 0.805. The van der Waals surface area contributed by atoms with Crippen LogP contribution < -0.4 is 5.73 Å². The van der Waals surface area contributed by atoms with Crippen LogP contribution in [0.2, 0.25) is 10.0 Å². The van der Waals surface area contributed by atoms with Crippen LogP contribution in [0.5, 0.6) is 0 Å². The van der Waals surface area contributed by atoms with Gasteiger partial charge in [0.1, 0.15) is 0 Å². The van der Waals surface area contributed by atoms with Gasteiger partial charge in [0.25, 0.3) is 0 Å². The van der Waals surface area contributed by atoms with Gasteiger partial charge in [-0.15, -0.1) is 0 Å². The molecule has 1 unspecified atom stereocenters. The Balaban J connectivity index is 2.28. The van der Waals surface area contributed by atoms with Crippen molar-refractivity contribution >= 4 is 23.2 Å². The Kier molecular flexibility index (Phi) is 6.36. The topological polar surface area (TPSA) is 29.3 Å². The van der Waals surface area contributed by atoms with Crippen molar-refractivity contribution in [2.75, 3.05) is 13.1 Å². The summed E-state index contributed by atoms with van der Waals surface area (Å²) in [5.74, 6) is 0.620. The van der Waals surface area contributed by atoms with E-state index in [9.17, 15) is 0 Å². The molecule has 0 aromatic heterocycles. The number of rotatable bonds is 6. The number of nitrogens with zero attached hydrogens (tertiary/aromatic N) is 1. The fourth-order valence-corrected chi connectivity index (χ4v) is 3.96. The average Bonchev–Trinajstić information content (AvgIpc) is 2.90. The van der Waals surface area contributed by atoms with Crippen molar-refractivity contribution < 1.29 is 0 Å². The van der Waals surface area contributed by atoms with E-state index in [-0.39, 0.29) is 6.04 Å². The van der Waals surface area contributed by atoms with Crippen LogP contribution in [0.15, 0.2) is 18.2 Å². The van der Waals surface area contributed by atoms with E-state index >= 15 is 0 Å². The van der Waals surface area contributed by atoms with Crippen LogP contribution in [0.25, 0.3) is 0 Å².